The summed E-state index contributed by atoms with van der Waals surface area (Å²) in [4.78, 5) is 24.3. The van der Waals surface area contributed by atoms with Crippen molar-refractivity contribution in [3.05, 3.63) is 83.8 Å². The van der Waals surface area contributed by atoms with Crippen molar-refractivity contribution in [2.45, 2.75) is 13.3 Å². The minimum absolute atomic E-state index is 0.225. The minimum Gasteiger partial charge on any atom is -0.493 e. The predicted octanol–water partition coefficient (Wildman–Crippen LogP) is 4.14. The fourth-order valence-electron chi connectivity index (χ4n) is 3.01. The monoisotopic (exact) mass is 372 g/mol. The normalized spacial score (nSPS) is 10.8. The van der Waals surface area contributed by atoms with E-state index in [2.05, 4.69) is 32.4 Å². The molecule has 2 heterocycles. The summed E-state index contributed by atoms with van der Waals surface area (Å²) < 4.78 is 5.83. The van der Waals surface area contributed by atoms with Crippen LogP contribution in [0.1, 0.15) is 21.7 Å². The van der Waals surface area contributed by atoms with Crippen LogP contribution in [-0.2, 0) is 6.42 Å². The first kappa shape index (κ1) is 17.7. The van der Waals surface area contributed by atoms with Crippen LogP contribution < -0.4 is 10.1 Å². The number of anilines is 1. The lowest BCUT2D eigenvalue weighted by Crippen LogP contribution is -2.13. The molecule has 0 saturated heterocycles. The molecule has 4 aromatic rings. The number of aromatic amines is 1. The van der Waals surface area contributed by atoms with E-state index in [-0.39, 0.29) is 5.91 Å². The molecule has 6 nitrogen and oxygen atoms in total. The molecule has 0 bridgehead atoms. The van der Waals surface area contributed by atoms with Crippen molar-refractivity contribution in [2.75, 3.05) is 11.9 Å². The summed E-state index contributed by atoms with van der Waals surface area (Å²) in [5.74, 6) is 1.21. The highest BCUT2D eigenvalue weighted by molar-refractivity contribution is 6.11. The van der Waals surface area contributed by atoms with E-state index in [0.717, 1.165) is 12.2 Å². The molecule has 140 valence electrons. The molecule has 0 unspecified atom stereocenters. The Labute approximate surface area is 162 Å². The molecule has 2 aromatic heterocycles. The Morgan fingerprint density at radius 3 is 2.82 bits per heavy atom. The van der Waals surface area contributed by atoms with Gasteiger partial charge in [-0.15, -0.1) is 0 Å². The molecule has 0 aliphatic heterocycles. The smallest absolute Gasteiger partial charge is 0.257 e. The first-order valence-electron chi connectivity index (χ1n) is 9.08. The lowest BCUT2D eigenvalue weighted by Gasteiger charge is -2.10. The molecule has 0 aliphatic rings. The zero-order chi connectivity index (χ0) is 19.3. The largest absolute Gasteiger partial charge is 0.493 e. The maximum absolute atomic E-state index is 12.7. The van der Waals surface area contributed by atoms with Gasteiger partial charge in [-0.2, -0.15) is 0 Å². The maximum atomic E-state index is 12.7. The van der Waals surface area contributed by atoms with Crippen LogP contribution in [-0.4, -0.2) is 27.5 Å². The van der Waals surface area contributed by atoms with Crippen molar-refractivity contribution >= 4 is 22.8 Å². The second-order valence-electron chi connectivity index (χ2n) is 6.45. The number of carbonyl (C=O) groups is 1. The molecule has 0 aliphatic carbocycles. The fourth-order valence-corrected chi connectivity index (χ4v) is 3.01. The summed E-state index contributed by atoms with van der Waals surface area (Å²) in [7, 11) is 0. The number of benzene rings is 2. The van der Waals surface area contributed by atoms with Gasteiger partial charge in [0.1, 0.15) is 11.6 Å². The van der Waals surface area contributed by atoms with Crippen LogP contribution in [0.5, 0.6) is 5.75 Å². The second kappa shape index (κ2) is 7.92. The van der Waals surface area contributed by atoms with E-state index in [1.54, 1.807) is 12.3 Å². The van der Waals surface area contributed by atoms with Crippen LogP contribution >= 0.6 is 0 Å². The van der Waals surface area contributed by atoms with Crippen LogP contribution in [0, 0.1) is 6.92 Å². The van der Waals surface area contributed by atoms with Crippen molar-refractivity contribution in [1.82, 2.24) is 15.0 Å². The number of fused-ring (bicyclic) bond motifs is 1. The Balaban J connectivity index is 1.43. The summed E-state index contributed by atoms with van der Waals surface area (Å²) >= 11 is 0. The van der Waals surface area contributed by atoms with Crippen LogP contribution in [0.4, 0.5) is 5.69 Å². The molecular formula is C22H20N4O2. The number of hydrogen-bond donors (Lipinski definition) is 2. The van der Waals surface area contributed by atoms with E-state index in [9.17, 15) is 4.79 Å². The first-order chi connectivity index (χ1) is 13.7. The van der Waals surface area contributed by atoms with Gasteiger partial charge in [0.15, 0.2) is 5.65 Å². The van der Waals surface area contributed by atoms with E-state index in [1.165, 1.54) is 5.56 Å². The van der Waals surface area contributed by atoms with Crippen LogP contribution in [0.3, 0.4) is 0 Å². The van der Waals surface area contributed by atoms with E-state index >= 15 is 0 Å². The number of carbonyl (C=O) groups excluding carboxylic acids is 1. The molecule has 0 fully saturated rings. The summed E-state index contributed by atoms with van der Waals surface area (Å²) in [5.41, 5.74) is 3.56. The number of rotatable bonds is 6. The van der Waals surface area contributed by atoms with Gasteiger partial charge in [-0.3, -0.25) is 4.79 Å². The lowest BCUT2D eigenvalue weighted by molar-refractivity contribution is 0.102. The topological polar surface area (TPSA) is 79.9 Å². The fraction of sp³-hybridized carbons (Fsp3) is 0.136. The molecular weight excluding hydrogens is 352 g/mol. The van der Waals surface area contributed by atoms with Gasteiger partial charge in [0.2, 0.25) is 0 Å². The third-order valence-electron chi connectivity index (χ3n) is 4.35. The average Bonchev–Trinajstić information content (AvgIpc) is 3.09. The van der Waals surface area contributed by atoms with Gasteiger partial charge in [-0.1, -0.05) is 36.4 Å². The van der Waals surface area contributed by atoms with Gasteiger partial charge < -0.3 is 15.0 Å². The molecule has 1 amide bonds. The number of pyridine rings is 1. The quantitative estimate of drug-likeness (QED) is 0.533. The van der Waals surface area contributed by atoms with Crippen LogP contribution in [0.15, 0.2) is 66.9 Å². The molecule has 0 atom stereocenters. The van der Waals surface area contributed by atoms with Crippen LogP contribution in [0.2, 0.25) is 0 Å². The SMILES string of the molecule is Cc1nc2nccc(C(=O)Nc3cccc(OCCc4ccccc4)c3)c2[nH]1. The molecule has 0 radical (unpaired) electrons. The van der Waals surface area contributed by atoms with E-state index in [1.807, 2.05) is 49.4 Å². The number of ether oxygens (including phenoxy) is 1. The molecule has 2 N–H and O–H groups in total. The predicted molar refractivity (Wildman–Crippen MR) is 109 cm³/mol. The van der Waals surface area contributed by atoms with Gasteiger partial charge in [0.25, 0.3) is 5.91 Å². The Kier molecular flexibility index (Phi) is 5.01. The summed E-state index contributed by atoms with van der Waals surface area (Å²) in [5, 5.41) is 2.91. The minimum atomic E-state index is -0.225. The van der Waals surface area contributed by atoms with Crippen molar-refractivity contribution in [3.63, 3.8) is 0 Å². The number of nitrogens with zero attached hydrogens (tertiary/aromatic N) is 2. The number of nitrogens with one attached hydrogen (secondary N) is 2. The molecule has 28 heavy (non-hydrogen) atoms. The number of amides is 1. The Bertz CT molecular complexity index is 1110. The van der Waals surface area contributed by atoms with E-state index < -0.39 is 0 Å². The first-order valence-corrected chi connectivity index (χ1v) is 9.08. The Morgan fingerprint density at radius 2 is 1.96 bits per heavy atom. The summed E-state index contributed by atoms with van der Waals surface area (Å²) in [6.07, 6.45) is 2.41. The average molecular weight is 372 g/mol. The Hall–Kier alpha value is -3.67. The third-order valence-corrected chi connectivity index (χ3v) is 4.35. The van der Waals surface area contributed by atoms with Gasteiger partial charge in [0.05, 0.1) is 17.7 Å². The second-order valence-corrected chi connectivity index (χ2v) is 6.45. The maximum Gasteiger partial charge on any atom is 0.257 e. The third kappa shape index (κ3) is 4.01. The number of H-pyrrole nitrogens is 1. The number of aromatic nitrogens is 3. The zero-order valence-corrected chi connectivity index (χ0v) is 15.5. The standard InChI is InChI=1S/C22H20N4O2/c1-15-24-20-19(10-12-23-21(20)25-15)22(27)26-17-8-5-9-18(14-17)28-13-11-16-6-3-2-4-7-16/h2-10,12,14H,11,13H2,1H3,(H,26,27)(H,23,24,25). The molecule has 0 spiro atoms. The van der Waals surface area contributed by atoms with Gasteiger partial charge in [-0.25, -0.2) is 9.97 Å². The van der Waals surface area contributed by atoms with Crippen molar-refractivity contribution < 1.29 is 9.53 Å². The highest BCUT2D eigenvalue weighted by Crippen LogP contribution is 2.20. The zero-order valence-electron chi connectivity index (χ0n) is 15.5. The summed E-state index contributed by atoms with van der Waals surface area (Å²) in [6.45, 7) is 2.40. The number of imidazole rings is 1. The lowest BCUT2D eigenvalue weighted by atomic mass is 10.2. The Morgan fingerprint density at radius 1 is 1.11 bits per heavy atom. The molecule has 0 saturated carbocycles. The van der Waals surface area contributed by atoms with E-state index in [4.69, 9.17) is 4.74 Å². The number of aryl methyl sites for hydroxylation is 1. The van der Waals surface area contributed by atoms with Crippen molar-refractivity contribution in [2.24, 2.45) is 0 Å². The van der Waals surface area contributed by atoms with Crippen LogP contribution in [0.25, 0.3) is 11.2 Å². The van der Waals surface area contributed by atoms with Gasteiger partial charge >= 0.3 is 0 Å². The molecule has 4 rings (SSSR count). The summed E-state index contributed by atoms with van der Waals surface area (Å²) in [6, 6.07) is 19.2. The molecule has 2 aromatic carbocycles. The van der Waals surface area contributed by atoms with Gasteiger partial charge in [-0.05, 0) is 30.7 Å². The molecule has 6 heteroatoms. The van der Waals surface area contributed by atoms with Crippen molar-refractivity contribution in [3.8, 4) is 5.75 Å². The van der Waals surface area contributed by atoms with E-state index in [0.29, 0.717) is 34.8 Å². The highest BCUT2D eigenvalue weighted by atomic mass is 16.5. The number of hydrogen-bond acceptors (Lipinski definition) is 4. The van der Waals surface area contributed by atoms with Crippen molar-refractivity contribution in [1.29, 1.82) is 0 Å². The highest BCUT2D eigenvalue weighted by Gasteiger charge is 2.14. The van der Waals surface area contributed by atoms with Gasteiger partial charge in [0, 0.05) is 24.4 Å².